The molecule has 1 amide bonds. The zero-order valence-corrected chi connectivity index (χ0v) is 21.5. The first kappa shape index (κ1) is 25.6. The van der Waals surface area contributed by atoms with Crippen molar-refractivity contribution >= 4 is 41.8 Å². The highest BCUT2D eigenvalue weighted by atomic mass is 127. The van der Waals surface area contributed by atoms with Crippen LogP contribution in [-0.2, 0) is 4.79 Å². The summed E-state index contributed by atoms with van der Waals surface area (Å²) < 4.78 is 0. The van der Waals surface area contributed by atoms with Crippen LogP contribution in [0.2, 0.25) is 0 Å². The Morgan fingerprint density at radius 3 is 2.52 bits per heavy atom. The Balaban J connectivity index is 0.00000341. The van der Waals surface area contributed by atoms with Gasteiger partial charge >= 0.3 is 0 Å². The Labute approximate surface area is 203 Å². The van der Waals surface area contributed by atoms with Gasteiger partial charge in [0.2, 0.25) is 11.9 Å². The molecule has 0 saturated carbocycles. The molecule has 1 atom stereocenters. The van der Waals surface area contributed by atoms with E-state index in [0.717, 1.165) is 56.5 Å². The second kappa shape index (κ2) is 13.0. The average molecular weight is 543 g/mol. The summed E-state index contributed by atoms with van der Waals surface area (Å²) in [5, 5.41) is 3.41. The Kier molecular flexibility index (Phi) is 10.8. The third-order valence-electron chi connectivity index (χ3n) is 5.78. The van der Waals surface area contributed by atoms with Crippen LogP contribution >= 0.6 is 24.0 Å². The van der Waals surface area contributed by atoms with Crippen molar-refractivity contribution in [2.24, 2.45) is 16.8 Å². The maximum Gasteiger partial charge on any atom is 0.225 e. The molecule has 1 unspecified atom stereocenters. The van der Waals surface area contributed by atoms with Crippen LogP contribution in [0, 0.1) is 11.8 Å². The second-order valence-electron chi connectivity index (χ2n) is 8.63. The Morgan fingerprint density at radius 1 is 1.16 bits per heavy atom. The fourth-order valence-corrected chi connectivity index (χ4v) is 4.34. The van der Waals surface area contributed by atoms with Crippen molar-refractivity contribution in [2.45, 2.75) is 40.0 Å². The van der Waals surface area contributed by atoms with Crippen molar-refractivity contribution in [3.63, 3.8) is 0 Å². The van der Waals surface area contributed by atoms with E-state index in [9.17, 15) is 4.79 Å². The fourth-order valence-electron chi connectivity index (χ4n) is 4.34. The topological polar surface area (TPSA) is 77.0 Å². The molecule has 8 nitrogen and oxygen atoms in total. The number of nitrogens with zero attached hydrogens (tertiary/aromatic N) is 6. The molecule has 2 fully saturated rings. The quantitative estimate of drug-likeness (QED) is 0.324. The van der Waals surface area contributed by atoms with Crippen LogP contribution in [-0.4, -0.2) is 84.0 Å². The van der Waals surface area contributed by atoms with Gasteiger partial charge in [-0.25, -0.2) is 9.97 Å². The van der Waals surface area contributed by atoms with Crippen molar-refractivity contribution in [3.05, 3.63) is 18.5 Å². The summed E-state index contributed by atoms with van der Waals surface area (Å²) in [4.78, 5) is 32.4. The third-order valence-corrected chi connectivity index (χ3v) is 5.78. The van der Waals surface area contributed by atoms with E-state index in [0.29, 0.717) is 26.1 Å². The van der Waals surface area contributed by atoms with Crippen molar-refractivity contribution in [1.29, 1.82) is 0 Å². The zero-order valence-electron chi connectivity index (χ0n) is 19.2. The first-order valence-corrected chi connectivity index (χ1v) is 11.4. The van der Waals surface area contributed by atoms with E-state index in [1.807, 2.05) is 11.0 Å². The fraction of sp³-hybridized carbons (Fsp3) is 0.727. The van der Waals surface area contributed by atoms with E-state index in [2.05, 4.69) is 45.9 Å². The summed E-state index contributed by atoms with van der Waals surface area (Å²) in [5.41, 5.74) is 0. The second-order valence-corrected chi connectivity index (χ2v) is 8.63. The highest BCUT2D eigenvalue weighted by molar-refractivity contribution is 14.0. The number of guanidine groups is 1. The lowest BCUT2D eigenvalue weighted by molar-refractivity contribution is -0.131. The van der Waals surface area contributed by atoms with Crippen LogP contribution in [0.15, 0.2) is 23.5 Å². The molecule has 1 aromatic heterocycles. The number of hydrogen-bond donors (Lipinski definition) is 1. The molecule has 0 radical (unpaired) electrons. The number of hydrogen-bond acceptors (Lipinski definition) is 5. The van der Waals surface area contributed by atoms with Gasteiger partial charge in [0.1, 0.15) is 0 Å². The van der Waals surface area contributed by atoms with E-state index in [-0.39, 0.29) is 29.9 Å². The number of aromatic nitrogens is 2. The molecular weight excluding hydrogens is 505 g/mol. The SMILES string of the molecule is CCNC(=NCCC(=O)N1CCN(c2ncccn2)CC1)N1CCC(CC(C)C)C1.I. The number of anilines is 1. The number of carbonyl (C=O) groups excluding carboxylic acids is 1. The number of nitrogens with one attached hydrogen (secondary N) is 1. The minimum absolute atomic E-state index is 0. The summed E-state index contributed by atoms with van der Waals surface area (Å²) in [6.45, 7) is 13.2. The van der Waals surface area contributed by atoms with Gasteiger partial charge in [0, 0.05) is 64.6 Å². The molecule has 9 heteroatoms. The minimum Gasteiger partial charge on any atom is -0.357 e. The van der Waals surface area contributed by atoms with Crippen LogP contribution < -0.4 is 10.2 Å². The lowest BCUT2D eigenvalue weighted by atomic mass is 9.97. The normalized spacial score (nSPS) is 19.5. The number of piperazine rings is 1. The summed E-state index contributed by atoms with van der Waals surface area (Å²) in [6.07, 6.45) is 6.47. The molecule has 2 aliphatic heterocycles. The predicted octanol–water partition coefficient (Wildman–Crippen LogP) is 2.47. The van der Waals surface area contributed by atoms with Crippen LogP contribution in [0.1, 0.15) is 40.0 Å². The van der Waals surface area contributed by atoms with Gasteiger partial charge in [-0.2, -0.15) is 0 Å². The van der Waals surface area contributed by atoms with Gasteiger partial charge in [0.05, 0.1) is 6.54 Å². The van der Waals surface area contributed by atoms with Gasteiger partial charge in [0.15, 0.2) is 5.96 Å². The van der Waals surface area contributed by atoms with E-state index in [4.69, 9.17) is 4.99 Å². The van der Waals surface area contributed by atoms with Crippen molar-refractivity contribution < 1.29 is 4.79 Å². The molecule has 0 bridgehead atoms. The molecule has 0 spiro atoms. The number of amides is 1. The number of rotatable bonds is 7. The van der Waals surface area contributed by atoms with Crippen molar-refractivity contribution in [3.8, 4) is 0 Å². The molecule has 1 N–H and O–H groups in total. The first-order valence-electron chi connectivity index (χ1n) is 11.4. The average Bonchev–Trinajstić information content (AvgIpc) is 3.21. The maximum atomic E-state index is 12.6. The van der Waals surface area contributed by atoms with Crippen LogP contribution in [0.3, 0.4) is 0 Å². The van der Waals surface area contributed by atoms with Gasteiger partial charge in [-0.1, -0.05) is 13.8 Å². The monoisotopic (exact) mass is 543 g/mol. The lowest BCUT2D eigenvalue weighted by Gasteiger charge is -2.34. The summed E-state index contributed by atoms with van der Waals surface area (Å²) in [7, 11) is 0. The molecule has 2 aliphatic rings. The van der Waals surface area contributed by atoms with Gasteiger partial charge in [-0.05, 0) is 37.7 Å². The number of aliphatic imine (C=N–C) groups is 1. The molecule has 31 heavy (non-hydrogen) atoms. The van der Waals surface area contributed by atoms with Crippen LogP contribution in [0.25, 0.3) is 0 Å². The summed E-state index contributed by atoms with van der Waals surface area (Å²) in [5.74, 6) is 3.37. The van der Waals surface area contributed by atoms with Gasteiger partial charge in [-0.3, -0.25) is 9.79 Å². The van der Waals surface area contributed by atoms with E-state index in [1.165, 1.54) is 12.8 Å². The van der Waals surface area contributed by atoms with Gasteiger partial charge < -0.3 is 20.0 Å². The van der Waals surface area contributed by atoms with Gasteiger partial charge in [0.25, 0.3) is 0 Å². The molecular formula is C22H38IN7O. The summed E-state index contributed by atoms with van der Waals surface area (Å²) >= 11 is 0. The van der Waals surface area contributed by atoms with Crippen molar-refractivity contribution in [2.75, 3.05) is 57.3 Å². The third kappa shape index (κ3) is 7.76. The molecule has 0 aromatic carbocycles. The van der Waals surface area contributed by atoms with E-state index < -0.39 is 0 Å². The maximum absolute atomic E-state index is 12.6. The highest BCUT2D eigenvalue weighted by Gasteiger charge is 2.26. The molecule has 1 aromatic rings. The molecule has 2 saturated heterocycles. The predicted molar refractivity (Wildman–Crippen MR) is 136 cm³/mol. The lowest BCUT2D eigenvalue weighted by Crippen LogP contribution is -2.49. The Hall–Kier alpha value is -1.65. The molecule has 3 rings (SSSR count). The Bertz CT molecular complexity index is 692. The van der Waals surface area contributed by atoms with Gasteiger partial charge in [-0.15, -0.1) is 24.0 Å². The van der Waals surface area contributed by atoms with E-state index in [1.54, 1.807) is 12.4 Å². The van der Waals surface area contributed by atoms with Crippen LogP contribution in [0.4, 0.5) is 5.95 Å². The molecule has 174 valence electrons. The Morgan fingerprint density at radius 2 is 1.87 bits per heavy atom. The van der Waals surface area contributed by atoms with Crippen LogP contribution in [0.5, 0.6) is 0 Å². The molecule has 3 heterocycles. The van der Waals surface area contributed by atoms with Crippen molar-refractivity contribution in [1.82, 2.24) is 25.1 Å². The zero-order chi connectivity index (χ0) is 21.3. The number of likely N-dealkylation sites (tertiary alicyclic amines) is 1. The number of carbonyl (C=O) groups is 1. The smallest absolute Gasteiger partial charge is 0.225 e. The standard InChI is InChI=1S/C22H37N7O.HI/c1-4-23-21(29-11-7-19(17-29)16-18(2)3)26-10-6-20(30)27-12-14-28(15-13-27)22-24-8-5-9-25-22;/h5,8-9,18-19H,4,6-7,10-17H2,1-3H3,(H,23,26);1H. The highest BCUT2D eigenvalue weighted by Crippen LogP contribution is 2.23. The largest absolute Gasteiger partial charge is 0.357 e. The number of halogens is 1. The first-order chi connectivity index (χ1) is 14.6. The minimum atomic E-state index is 0. The summed E-state index contributed by atoms with van der Waals surface area (Å²) in [6, 6.07) is 1.82. The van der Waals surface area contributed by atoms with E-state index >= 15 is 0 Å². The molecule has 0 aliphatic carbocycles.